The number of sulfonamides is 1. The molecule has 1 saturated carbocycles. The number of hydrogen-bond donors (Lipinski definition) is 3. The van der Waals surface area contributed by atoms with Gasteiger partial charge in [0.2, 0.25) is 11.8 Å². The highest BCUT2D eigenvalue weighted by atomic mass is 35.5. The Morgan fingerprint density at radius 2 is 1.68 bits per heavy atom. The van der Waals surface area contributed by atoms with E-state index >= 15 is 0 Å². The van der Waals surface area contributed by atoms with Crippen LogP contribution in [0.5, 0.6) is 11.6 Å². The van der Waals surface area contributed by atoms with Crippen molar-refractivity contribution in [1.82, 2.24) is 15.0 Å². The molecule has 11 heteroatoms. The molecule has 0 aliphatic heterocycles. The van der Waals surface area contributed by atoms with Crippen LogP contribution in [0.4, 0.5) is 11.6 Å². The predicted molar refractivity (Wildman–Crippen MR) is 157 cm³/mol. The number of hydrogen-bond acceptors (Lipinski definition) is 8. The van der Waals surface area contributed by atoms with E-state index in [1.165, 1.54) is 12.1 Å². The summed E-state index contributed by atoms with van der Waals surface area (Å²) in [6.45, 7) is 3.70. The first-order valence-electron chi connectivity index (χ1n) is 13.1. The summed E-state index contributed by atoms with van der Waals surface area (Å²) >= 11 is 6.12. The molecule has 0 radical (unpaired) electrons. The fourth-order valence-corrected chi connectivity index (χ4v) is 6.39. The molecule has 4 N–H and O–H groups in total. The Morgan fingerprint density at radius 1 is 0.950 bits per heavy atom. The Labute approximate surface area is 239 Å². The van der Waals surface area contributed by atoms with E-state index in [-0.39, 0.29) is 16.0 Å². The fraction of sp³-hybridized carbons (Fsp3) is 0.276. The standard InChI is InChI=1S/C29H31ClN6O3S/c1-18-16-22(36-40(37,38)26-8-4-3-7-24(26)30)17-19(2)27(18)39-28-23(6-5-14-32-28)25-13-15-33-29(35-25)34-21-11-9-20(31)10-12-21/h3-8,13-17,20-21,36H,9-12,31H2,1-2H3,(H,33,34,35)/t20-,21-. The van der Waals surface area contributed by atoms with E-state index in [4.69, 9.17) is 27.1 Å². The summed E-state index contributed by atoms with van der Waals surface area (Å²) in [6, 6.07) is 15.8. The molecule has 0 bridgehead atoms. The van der Waals surface area contributed by atoms with E-state index < -0.39 is 10.0 Å². The van der Waals surface area contributed by atoms with Gasteiger partial charge in [0, 0.05) is 30.2 Å². The van der Waals surface area contributed by atoms with E-state index in [1.807, 2.05) is 32.0 Å². The van der Waals surface area contributed by atoms with Crippen LogP contribution in [0.1, 0.15) is 36.8 Å². The van der Waals surface area contributed by atoms with Crippen LogP contribution in [0.25, 0.3) is 11.3 Å². The van der Waals surface area contributed by atoms with E-state index in [0.717, 1.165) is 36.8 Å². The van der Waals surface area contributed by atoms with Gasteiger partial charge in [0.05, 0.1) is 16.3 Å². The zero-order valence-corrected chi connectivity index (χ0v) is 23.8. The van der Waals surface area contributed by atoms with Crippen LogP contribution >= 0.6 is 11.6 Å². The summed E-state index contributed by atoms with van der Waals surface area (Å²) < 4.78 is 34.8. The van der Waals surface area contributed by atoms with Gasteiger partial charge < -0.3 is 15.8 Å². The molecule has 0 amide bonds. The molecule has 2 aromatic carbocycles. The van der Waals surface area contributed by atoms with Crippen molar-refractivity contribution >= 4 is 33.3 Å². The molecule has 0 unspecified atom stereocenters. The number of nitrogens with zero attached hydrogens (tertiary/aromatic N) is 3. The Morgan fingerprint density at radius 3 is 2.40 bits per heavy atom. The molecule has 1 fully saturated rings. The van der Waals surface area contributed by atoms with Crippen LogP contribution in [-0.4, -0.2) is 35.5 Å². The lowest BCUT2D eigenvalue weighted by molar-refractivity contribution is 0.410. The number of halogens is 1. The maximum absolute atomic E-state index is 12.9. The van der Waals surface area contributed by atoms with Crippen LogP contribution in [0, 0.1) is 13.8 Å². The minimum Gasteiger partial charge on any atom is -0.438 e. The lowest BCUT2D eigenvalue weighted by Gasteiger charge is -2.26. The molecule has 1 aliphatic rings. The number of anilines is 2. The predicted octanol–water partition coefficient (Wildman–Crippen LogP) is 6.08. The van der Waals surface area contributed by atoms with Gasteiger partial charge in [-0.2, -0.15) is 0 Å². The highest BCUT2D eigenvalue weighted by molar-refractivity contribution is 7.92. The first-order chi connectivity index (χ1) is 19.2. The van der Waals surface area contributed by atoms with E-state index in [9.17, 15) is 8.42 Å². The van der Waals surface area contributed by atoms with Gasteiger partial charge in [0.25, 0.3) is 10.0 Å². The summed E-state index contributed by atoms with van der Waals surface area (Å²) in [7, 11) is -3.87. The molecule has 4 aromatic rings. The summed E-state index contributed by atoms with van der Waals surface area (Å²) in [5.74, 6) is 1.51. The van der Waals surface area contributed by atoms with Gasteiger partial charge in [-0.25, -0.2) is 23.4 Å². The molecule has 2 aromatic heterocycles. The molecule has 40 heavy (non-hydrogen) atoms. The fourth-order valence-electron chi connectivity index (χ4n) is 4.83. The lowest BCUT2D eigenvalue weighted by atomic mass is 9.92. The second kappa shape index (κ2) is 11.8. The number of rotatable bonds is 8. The van der Waals surface area contributed by atoms with Gasteiger partial charge in [-0.05, 0) is 93.1 Å². The first kappa shape index (κ1) is 27.8. The second-order valence-corrected chi connectivity index (χ2v) is 12.0. The Balaban J connectivity index is 1.37. The third-order valence-corrected chi connectivity index (χ3v) is 8.73. The smallest absolute Gasteiger partial charge is 0.263 e. The van der Waals surface area contributed by atoms with E-state index in [2.05, 4.69) is 20.0 Å². The third-order valence-electron chi connectivity index (χ3n) is 6.85. The van der Waals surface area contributed by atoms with Gasteiger partial charge in [-0.3, -0.25) is 4.72 Å². The monoisotopic (exact) mass is 578 g/mol. The van der Waals surface area contributed by atoms with E-state index in [1.54, 1.807) is 36.7 Å². The van der Waals surface area contributed by atoms with Crippen molar-refractivity contribution in [2.75, 3.05) is 10.0 Å². The number of pyridine rings is 1. The summed E-state index contributed by atoms with van der Waals surface area (Å²) in [6.07, 6.45) is 7.31. The summed E-state index contributed by atoms with van der Waals surface area (Å²) in [5.41, 5.74) is 9.29. The first-order valence-corrected chi connectivity index (χ1v) is 14.9. The molecule has 0 saturated heterocycles. The van der Waals surface area contributed by atoms with Crippen molar-refractivity contribution in [3.8, 4) is 22.9 Å². The van der Waals surface area contributed by atoms with Crippen LogP contribution < -0.4 is 20.5 Å². The van der Waals surface area contributed by atoms with Gasteiger partial charge in [0.15, 0.2) is 0 Å². The normalized spacial score (nSPS) is 17.3. The van der Waals surface area contributed by atoms with Crippen LogP contribution in [0.3, 0.4) is 0 Å². The summed E-state index contributed by atoms with van der Waals surface area (Å²) in [4.78, 5) is 13.6. The quantitative estimate of drug-likeness (QED) is 0.229. The third kappa shape index (κ3) is 6.35. The lowest BCUT2D eigenvalue weighted by Crippen LogP contribution is -2.33. The number of benzene rings is 2. The maximum Gasteiger partial charge on any atom is 0.263 e. The molecule has 0 atom stereocenters. The van der Waals surface area contributed by atoms with Gasteiger partial charge in [-0.1, -0.05) is 23.7 Å². The number of nitrogens with one attached hydrogen (secondary N) is 2. The van der Waals surface area contributed by atoms with Crippen molar-refractivity contribution in [3.05, 3.63) is 83.1 Å². The average Bonchev–Trinajstić information content (AvgIpc) is 2.92. The number of aryl methyl sites for hydroxylation is 2. The van der Waals surface area contributed by atoms with Crippen LogP contribution in [0.15, 0.2) is 71.9 Å². The van der Waals surface area contributed by atoms with Crippen LogP contribution in [0.2, 0.25) is 5.02 Å². The molecule has 1 aliphatic carbocycles. The van der Waals surface area contributed by atoms with Crippen molar-refractivity contribution in [1.29, 1.82) is 0 Å². The minimum atomic E-state index is -3.87. The molecule has 208 valence electrons. The molecule has 0 spiro atoms. The topological polar surface area (TPSA) is 132 Å². The van der Waals surface area contributed by atoms with Crippen molar-refractivity contribution in [2.45, 2.75) is 56.5 Å². The maximum atomic E-state index is 12.9. The van der Waals surface area contributed by atoms with Gasteiger partial charge >= 0.3 is 0 Å². The molecule has 9 nitrogen and oxygen atoms in total. The number of ether oxygens (including phenoxy) is 1. The molecule has 5 rings (SSSR count). The highest BCUT2D eigenvalue weighted by Crippen LogP contribution is 2.36. The highest BCUT2D eigenvalue weighted by Gasteiger charge is 2.21. The van der Waals surface area contributed by atoms with Crippen molar-refractivity contribution in [3.63, 3.8) is 0 Å². The molecular weight excluding hydrogens is 548 g/mol. The second-order valence-electron chi connectivity index (χ2n) is 9.95. The molecular formula is C29H31ClN6O3S. The Kier molecular flexibility index (Phi) is 8.20. The zero-order valence-electron chi connectivity index (χ0n) is 22.3. The van der Waals surface area contributed by atoms with Gasteiger partial charge in [0.1, 0.15) is 10.6 Å². The molecule has 2 heterocycles. The Hall–Kier alpha value is -3.73. The van der Waals surface area contributed by atoms with Crippen molar-refractivity contribution < 1.29 is 13.2 Å². The van der Waals surface area contributed by atoms with Gasteiger partial charge in [-0.15, -0.1) is 0 Å². The Bertz CT molecular complexity index is 1600. The zero-order chi connectivity index (χ0) is 28.3. The number of aromatic nitrogens is 3. The SMILES string of the molecule is Cc1cc(NS(=O)(=O)c2ccccc2Cl)cc(C)c1Oc1ncccc1-c1ccnc(N[C@H]2CC[C@H](N)CC2)n1. The van der Waals surface area contributed by atoms with Crippen LogP contribution in [-0.2, 0) is 10.0 Å². The average molecular weight is 579 g/mol. The minimum absolute atomic E-state index is 0.0104. The summed E-state index contributed by atoms with van der Waals surface area (Å²) in [5, 5.41) is 3.59. The number of nitrogens with two attached hydrogens (primary N) is 1. The largest absolute Gasteiger partial charge is 0.438 e. The van der Waals surface area contributed by atoms with Crippen molar-refractivity contribution in [2.24, 2.45) is 5.73 Å². The van der Waals surface area contributed by atoms with E-state index in [0.29, 0.717) is 40.6 Å².